The molecule has 2 saturated heterocycles. The zero-order valence-corrected chi connectivity index (χ0v) is 16.2. The number of alkyl halides is 1. The van der Waals surface area contributed by atoms with Crippen LogP contribution in [-0.2, 0) is 11.4 Å². The Morgan fingerprint density at radius 3 is 2.87 bits per heavy atom. The van der Waals surface area contributed by atoms with E-state index in [4.69, 9.17) is 9.84 Å². The van der Waals surface area contributed by atoms with Crippen molar-refractivity contribution >= 4 is 11.9 Å². The van der Waals surface area contributed by atoms with E-state index in [1.807, 2.05) is 12.1 Å². The van der Waals surface area contributed by atoms with E-state index < -0.39 is 24.1 Å². The van der Waals surface area contributed by atoms with E-state index in [9.17, 15) is 14.0 Å². The molecular weight excluding hydrogens is 393 g/mol. The van der Waals surface area contributed by atoms with Gasteiger partial charge in [-0.1, -0.05) is 0 Å². The smallest absolute Gasteiger partial charge is 0.343 e. The first kappa shape index (κ1) is 20.2. The van der Waals surface area contributed by atoms with Crippen LogP contribution in [0.5, 0.6) is 5.75 Å². The number of carbonyl (C=O) groups excluding carboxylic acids is 1. The van der Waals surface area contributed by atoms with E-state index >= 15 is 0 Å². The summed E-state index contributed by atoms with van der Waals surface area (Å²) in [5, 5.41) is 8.99. The van der Waals surface area contributed by atoms with Crippen molar-refractivity contribution in [2.75, 3.05) is 19.6 Å². The van der Waals surface area contributed by atoms with Crippen LogP contribution in [0.25, 0.3) is 0 Å². The molecule has 2 fully saturated rings. The summed E-state index contributed by atoms with van der Waals surface area (Å²) in [6.45, 7) is 0.656. The molecule has 10 heteroatoms. The maximum absolute atomic E-state index is 14.2. The molecular formula is C20H22FN5O4. The zero-order valence-electron chi connectivity index (χ0n) is 16.2. The van der Waals surface area contributed by atoms with Crippen LogP contribution < -0.4 is 15.6 Å². The van der Waals surface area contributed by atoms with Gasteiger partial charge in [-0.15, -0.1) is 0 Å². The van der Waals surface area contributed by atoms with Crippen LogP contribution in [0.4, 0.5) is 4.39 Å². The highest BCUT2D eigenvalue weighted by molar-refractivity contribution is 5.93. The Morgan fingerprint density at radius 2 is 2.20 bits per heavy atom. The number of ether oxygens (including phenoxy) is 1. The number of carboxylic acids is 1. The number of aliphatic carboxylic acids is 1. The van der Waals surface area contributed by atoms with Gasteiger partial charge in [0, 0.05) is 25.7 Å². The highest BCUT2D eigenvalue weighted by atomic mass is 19.1. The summed E-state index contributed by atoms with van der Waals surface area (Å²) in [5.74, 6) is -1.45. The number of likely N-dealkylation sites (tertiary alicyclic amines) is 1. The van der Waals surface area contributed by atoms with E-state index in [-0.39, 0.29) is 31.3 Å². The number of hydrogen-bond acceptors (Lipinski definition) is 7. The third-order valence-electron chi connectivity index (χ3n) is 5.29. The number of rotatable bonds is 6. The minimum Gasteiger partial charge on any atom is -0.487 e. The van der Waals surface area contributed by atoms with Crippen LogP contribution >= 0.6 is 0 Å². The van der Waals surface area contributed by atoms with Gasteiger partial charge in [0.1, 0.15) is 18.1 Å². The van der Waals surface area contributed by atoms with E-state index in [1.165, 1.54) is 11.1 Å². The second kappa shape index (κ2) is 8.33. The maximum Gasteiger partial charge on any atom is 0.343 e. The van der Waals surface area contributed by atoms with Crippen molar-refractivity contribution in [3.63, 3.8) is 0 Å². The highest BCUT2D eigenvalue weighted by Crippen LogP contribution is 2.27. The maximum atomic E-state index is 14.2. The van der Waals surface area contributed by atoms with E-state index in [0.29, 0.717) is 11.3 Å². The Bertz CT molecular complexity index is 935. The van der Waals surface area contributed by atoms with Crippen LogP contribution in [0.15, 0.2) is 36.7 Å². The molecule has 0 bridgehead atoms. The molecule has 2 aromatic rings. The molecule has 4 rings (SSSR count). The van der Waals surface area contributed by atoms with Gasteiger partial charge in [-0.3, -0.25) is 20.2 Å². The van der Waals surface area contributed by atoms with Crippen LogP contribution in [0.2, 0.25) is 0 Å². The number of nitrogens with zero attached hydrogens (tertiary/aromatic N) is 3. The Balaban J connectivity index is 1.36. The molecule has 158 valence electrons. The third-order valence-corrected chi connectivity index (χ3v) is 5.29. The predicted molar refractivity (Wildman–Crippen MR) is 103 cm³/mol. The van der Waals surface area contributed by atoms with E-state index in [2.05, 4.69) is 20.8 Å². The minimum atomic E-state index is -2.40. The molecule has 4 heterocycles. The van der Waals surface area contributed by atoms with Crippen molar-refractivity contribution in [2.45, 2.75) is 31.2 Å². The lowest BCUT2D eigenvalue weighted by atomic mass is 10.1. The first-order chi connectivity index (χ1) is 14.4. The average molecular weight is 415 g/mol. The topological polar surface area (TPSA) is 117 Å². The normalized spacial score (nSPS) is 23.5. The number of carbonyl (C=O) groups is 2. The number of amides is 1. The number of aromatic nitrogens is 2. The summed E-state index contributed by atoms with van der Waals surface area (Å²) < 4.78 is 20.0. The predicted octanol–water partition coefficient (Wildman–Crippen LogP) is 1.23. The molecule has 9 nitrogen and oxygen atoms in total. The van der Waals surface area contributed by atoms with Crippen LogP contribution in [0, 0.1) is 0 Å². The molecule has 1 amide bonds. The van der Waals surface area contributed by atoms with E-state index in [0.717, 1.165) is 18.7 Å². The average Bonchev–Trinajstić information content (AvgIpc) is 3.43. The molecule has 2 unspecified atom stereocenters. The molecule has 0 radical (unpaired) electrons. The van der Waals surface area contributed by atoms with Crippen molar-refractivity contribution in [1.82, 2.24) is 25.7 Å². The summed E-state index contributed by atoms with van der Waals surface area (Å²) in [7, 11) is 0. The third kappa shape index (κ3) is 4.24. The molecule has 0 spiro atoms. The number of hydrogen-bond donors (Lipinski definition) is 3. The van der Waals surface area contributed by atoms with Crippen molar-refractivity contribution in [1.29, 1.82) is 0 Å². The number of pyridine rings is 2. The van der Waals surface area contributed by atoms with Gasteiger partial charge in [0.2, 0.25) is 5.67 Å². The Kier molecular flexibility index (Phi) is 5.60. The van der Waals surface area contributed by atoms with Crippen LogP contribution in [-0.4, -0.2) is 57.2 Å². The molecule has 2 aliphatic heterocycles. The molecule has 30 heavy (non-hydrogen) atoms. The van der Waals surface area contributed by atoms with Gasteiger partial charge >= 0.3 is 5.97 Å². The van der Waals surface area contributed by atoms with Gasteiger partial charge in [-0.2, -0.15) is 0 Å². The Hall–Kier alpha value is -3.11. The van der Waals surface area contributed by atoms with Crippen LogP contribution in [0.3, 0.4) is 0 Å². The summed E-state index contributed by atoms with van der Waals surface area (Å²) in [6, 6.07) is 7.21. The van der Waals surface area contributed by atoms with Gasteiger partial charge in [-0.25, -0.2) is 14.6 Å². The van der Waals surface area contributed by atoms with Gasteiger partial charge in [0.05, 0.1) is 24.5 Å². The van der Waals surface area contributed by atoms with Crippen molar-refractivity contribution in [3.8, 4) is 5.75 Å². The van der Waals surface area contributed by atoms with Crippen molar-refractivity contribution in [2.24, 2.45) is 0 Å². The lowest BCUT2D eigenvalue weighted by molar-refractivity contribution is -0.149. The number of nitrogens with one attached hydrogen (secondary N) is 2. The fraction of sp³-hybridized carbons (Fsp3) is 0.400. The van der Waals surface area contributed by atoms with Crippen molar-refractivity contribution < 1.29 is 23.8 Å². The minimum absolute atomic E-state index is 0.0351. The lowest BCUT2D eigenvalue weighted by Crippen LogP contribution is -2.39. The quantitative estimate of drug-likeness (QED) is 0.645. The number of carboxylic acid groups (broad SMARTS) is 1. The molecule has 2 aromatic heterocycles. The first-order valence-electron chi connectivity index (χ1n) is 9.68. The van der Waals surface area contributed by atoms with Gasteiger partial charge in [0.15, 0.2) is 0 Å². The summed E-state index contributed by atoms with van der Waals surface area (Å²) in [5.41, 5.74) is 5.58. The van der Waals surface area contributed by atoms with E-state index in [1.54, 1.807) is 18.3 Å². The Morgan fingerprint density at radius 1 is 1.33 bits per heavy atom. The van der Waals surface area contributed by atoms with Crippen molar-refractivity contribution in [3.05, 3.63) is 53.6 Å². The zero-order chi connectivity index (χ0) is 21.1. The van der Waals surface area contributed by atoms with Crippen LogP contribution in [0.1, 0.15) is 40.6 Å². The fourth-order valence-corrected chi connectivity index (χ4v) is 3.52. The fourth-order valence-electron chi connectivity index (χ4n) is 3.52. The van der Waals surface area contributed by atoms with Gasteiger partial charge in [0.25, 0.3) is 5.91 Å². The first-order valence-corrected chi connectivity index (χ1v) is 9.68. The second-order valence-corrected chi connectivity index (χ2v) is 7.42. The monoisotopic (exact) mass is 415 g/mol. The SMILES string of the molecule is O=C(c1cc(COc2ccc(C3CCNN3)nc2)ccn1)N1CCC(F)(C(=O)O)C1. The molecule has 0 saturated carbocycles. The second-order valence-electron chi connectivity index (χ2n) is 7.42. The molecule has 2 aliphatic rings. The molecule has 0 aliphatic carbocycles. The highest BCUT2D eigenvalue weighted by Gasteiger charge is 2.47. The largest absolute Gasteiger partial charge is 0.487 e. The molecule has 2 atom stereocenters. The lowest BCUT2D eigenvalue weighted by Gasteiger charge is -2.17. The molecule has 3 N–H and O–H groups in total. The van der Waals surface area contributed by atoms with Gasteiger partial charge < -0.3 is 14.7 Å². The summed E-state index contributed by atoms with van der Waals surface area (Å²) in [4.78, 5) is 33.3. The number of halogens is 1. The standard InChI is InChI=1S/C20H22FN5O4/c21-20(19(28)29)5-8-26(12-20)18(27)17-9-13(3-6-22-17)11-30-14-1-2-15(23-10-14)16-4-7-24-25-16/h1-3,6,9-10,16,24-25H,4-5,7-8,11-12H2,(H,28,29). The van der Waals surface area contributed by atoms with Gasteiger partial charge in [-0.05, 0) is 36.2 Å². The Labute approximate surface area is 172 Å². The number of hydrazine groups is 1. The summed E-state index contributed by atoms with van der Waals surface area (Å²) >= 11 is 0. The molecule has 0 aromatic carbocycles. The summed E-state index contributed by atoms with van der Waals surface area (Å²) in [6.07, 6.45) is 3.86.